The molecule has 164 valence electrons. The number of alkyl halides is 11. The Morgan fingerprint density at radius 3 is 1.73 bits per heavy atom. The molecule has 0 saturated heterocycles. The molecule has 2 aromatic rings. The number of nitrogens with zero attached hydrogens (tertiary/aromatic N) is 1. The molecule has 1 saturated carbocycles. The Kier molecular flexibility index (Phi) is 4.36. The molecule has 3 rings (SSSR count). The van der Waals surface area contributed by atoms with Crippen LogP contribution >= 0.6 is 0 Å². The van der Waals surface area contributed by atoms with Gasteiger partial charge >= 0.3 is 35.3 Å². The lowest BCUT2D eigenvalue weighted by molar-refractivity contribution is -0.475. The molecule has 30 heavy (non-hydrogen) atoms. The molecule has 0 atom stereocenters. The van der Waals surface area contributed by atoms with Gasteiger partial charge in [0, 0.05) is 5.39 Å². The predicted octanol–water partition coefficient (Wildman–Crippen LogP) is 5.07. The van der Waals surface area contributed by atoms with Crippen LogP contribution in [0.15, 0.2) is 36.5 Å². The van der Waals surface area contributed by atoms with Crippen molar-refractivity contribution in [3.05, 3.63) is 36.5 Å². The third kappa shape index (κ3) is 2.27. The summed E-state index contributed by atoms with van der Waals surface area (Å²) in [6, 6.07) is 6.42. The molecular formula is C16H7F11N2O. The Labute approximate surface area is 158 Å². The number of halogens is 11. The normalized spacial score (nSPS) is 24.9. The van der Waals surface area contributed by atoms with E-state index in [2.05, 4.69) is 4.98 Å². The number of carbonyl (C=O) groups excluding carboxylic acids is 1. The van der Waals surface area contributed by atoms with E-state index in [1.165, 1.54) is 24.3 Å². The maximum Gasteiger partial charge on any atom is 0.384 e. The number of para-hydroxylation sites is 1. The van der Waals surface area contributed by atoms with Gasteiger partial charge in [-0.25, -0.2) is 4.39 Å². The molecule has 1 aromatic carbocycles. The minimum Gasteiger partial charge on any atom is -0.321 e. The summed E-state index contributed by atoms with van der Waals surface area (Å²) in [5.41, 5.74) is -7.37. The number of carbonyl (C=O) groups is 1. The molecule has 1 aromatic heterocycles. The molecular weight excluding hydrogens is 445 g/mol. The first-order valence-corrected chi connectivity index (χ1v) is 7.71. The zero-order valence-corrected chi connectivity index (χ0v) is 14.0. The van der Waals surface area contributed by atoms with Crippen molar-refractivity contribution in [2.45, 2.75) is 35.3 Å². The summed E-state index contributed by atoms with van der Waals surface area (Å²) >= 11 is 0. The first-order valence-electron chi connectivity index (χ1n) is 7.71. The number of anilines is 1. The van der Waals surface area contributed by atoms with Crippen molar-refractivity contribution < 1.29 is 53.1 Å². The highest BCUT2D eigenvalue weighted by Gasteiger charge is 3.02. The summed E-state index contributed by atoms with van der Waals surface area (Å²) in [6.07, 6.45) is 0.591. The molecule has 1 fully saturated rings. The van der Waals surface area contributed by atoms with Crippen LogP contribution in [-0.4, -0.2) is 46.2 Å². The van der Waals surface area contributed by atoms with Crippen LogP contribution < -0.4 is 5.32 Å². The van der Waals surface area contributed by atoms with Crippen LogP contribution in [0, 0.1) is 0 Å². The molecule has 0 aliphatic heterocycles. The van der Waals surface area contributed by atoms with Gasteiger partial charge in [0.25, 0.3) is 5.91 Å². The highest BCUT2D eigenvalue weighted by Crippen LogP contribution is 2.69. The van der Waals surface area contributed by atoms with Crippen molar-refractivity contribution in [1.29, 1.82) is 0 Å². The topological polar surface area (TPSA) is 42.0 Å². The molecule has 3 nitrogen and oxygen atoms in total. The Balaban J connectivity index is 2.14. The van der Waals surface area contributed by atoms with Crippen molar-refractivity contribution in [3.8, 4) is 0 Å². The summed E-state index contributed by atoms with van der Waals surface area (Å²) < 4.78 is 150. The fourth-order valence-corrected chi connectivity index (χ4v) is 2.86. The van der Waals surface area contributed by atoms with Crippen molar-refractivity contribution in [2.24, 2.45) is 0 Å². The Morgan fingerprint density at radius 2 is 1.20 bits per heavy atom. The molecule has 0 spiro atoms. The third-order valence-corrected chi connectivity index (χ3v) is 4.60. The smallest absolute Gasteiger partial charge is 0.321 e. The van der Waals surface area contributed by atoms with Crippen LogP contribution in [0.4, 0.5) is 54.0 Å². The second-order valence-corrected chi connectivity index (χ2v) is 6.40. The molecule has 1 aliphatic rings. The van der Waals surface area contributed by atoms with Crippen molar-refractivity contribution >= 4 is 22.5 Å². The second-order valence-electron chi connectivity index (χ2n) is 6.40. The van der Waals surface area contributed by atoms with Crippen molar-refractivity contribution in [1.82, 2.24) is 4.98 Å². The minimum atomic E-state index is -7.38. The van der Waals surface area contributed by atoms with E-state index in [1.54, 1.807) is 0 Å². The highest BCUT2D eigenvalue weighted by molar-refractivity contribution is 6.00. The Morgan fingerprint density at radius 1 is 0.733 bits per heavy atom. The highest BCUT2D eigenvalue weighted by atomic mass is 19.4. The van der Waals surface area contributed by atoms with E-state index >= 15 is 0 Å². The average molecular weight is 452 g/mol. The second kappa shape index (κ2) is 5.94. The summed E-state index contributed by atoms with van der Waals surface area (Å²) in [5.74, 6) is -39.9. The summed E-state index contributed by atoms with van der Waals surface area (Å²) in [4.78, 5) is 15.5. The number of aromatic nitrogens is 1. The zero-order valence-electron chi connectivity index (χ0n) is 14.0. The first kappa shape index (κ1) is 22.0. The fraction of sp³-hybridized carbons (Fsp3) is 0.375. The van der Waals surface area contributed by atoms with E-state index in [4.69, 9.17) is 0 Å². The molecule has 1 aliphatic carbocycles. The Hall–Kier alpha value is -2.67. The quantitative estimate of drug-likeness (QED) is 0.647. The number of pyridine rings is 1. The van der Waals surface area contributed by atoms with E-state index in [-0.39, 0.29) is 10.9 Å². The van der Waals surface area contributed by atoms with Gasteiger partial charge in [0.1, 0.15) is 0 Å². The van der Waals surface area contributed by atoms with Crippen LogP contribution in [0.25, 0.3) is 10.9 Å². The van der Waals surface area contributed by atoms with Crippen LogP contribution in [0.5, 0.6) is 0 Å². The van der Waals surface area contributed by atoms with E-state index in [9.17, 15) is 53.1 Å². The van der Waals surface area contributed by atoms with Crippen LogP contribution in [-0.2, 0) is 4.79 Å². The molecule has 1 N–H and O–H groups in total. The molecule has 0 bridgehead atoms. The lowest BCUT2D eigenvalue weighted by Crippen LogP contribution is -2.86. The van der Waals surface area contributed by atoms with Gasteiger partial charge in [-0.1, -0.05) is 18.2 Å². The maximum absolute atomic E-state index is 14.6. The minimum absolute atomic E-state index is 0.118. The van der Waals surface area contributed by atoms with Crippen LogP contribution in [0.3, 0.4) is 0 Å². The van der Waals surface area contributed by atoms with E-state index < -0.39 is 46.9 Å². The summed E-state index contributed by atoms with van der Waals surface area (Å²) in [5, 5.41) is 1.13. The molecule has 1 amide bonds. The van der Waals surface area contributed by atoms with Crippen LogP contribution in [0.2, 0.25) is 0 Å². The molecule has 14 heteroatoms. The number of hydrogen-bond donors (Lipinski definition) is 1. The monoisotopic (exact) mass is 452 g/mol. The van der Waals surface area contributed by atoms with Crippen LogP contribution in [0.1, 0.15) is 0 Å². The van der Waals surface area contributed by atoms with Gasteiger partial charge < -0.3 is 5.32 Å². The number of rotatable bonds is 2. The summed E-state index contributed by atoms with van der Waals surface area (Å²) in [7, 11) is 0. The third-order valence-electron chi connectivity index (χ3n) is 4.60. The number of fused-ring (bicyclic) bond motifs is 1. The van der Waals surface area contributed by atoms with E-state index in [0.29, 0.717) is 6.20 Å². The maximum atomic E-state index is 14.6. The van der Waals surface area contributed by atoms with E-state index in [0.717, 1.165) is 11.4 Å². The van der Waals surface area contributed by atoms with Gasteiger partial charge in [0.2, 0.25) is 0 Å². The van der Waals surface area contributed by atoms with Gasteiger partial charge in [0.05, 0.1) is 17.4 Å². The number of nitrogens with one attached hydrogen (secondary N) is 1. The lowest BCUT2D eigenvalue weighted by atomic mass is 9.71. The number of hydrogen-bond acceptors (Lipinski definition) is 2. The molecule has 1 heterocycles. The average Bonchev–Trinajstić information content (AvgIpc) is 2.65. The first-order chi connectivity index (χ1) is 13.5. The van der Waals surface area contributed by atoms with Crippen molar-refractivity contribution in [3.63, 3.8) is 0 Å². The lowest BCUT2D eigenvalue weighted by Gasteiger charge is -2.51. The van der Waals surface area contributed by atoms with Gasteiger partial charge in [-0.15, -0.1) is 0 Å². The van der Waals surface area contributed by atoms with Gasteiger partial charge in [-0.3, -0.25) is 9.78 Å². The predicted molar refractivity (Wildman–Crippen MR) is 78.9 cm³/mol. The van der Waals surface area contributed by atoms with Gasteiger partial charge in [-0.2, -0.15) is 43.9 Å². The fourth-order valence-electron chi connectivity index (χ4n) is 2.86. The van der Waals surface area contributed by atoms with E-state index in [1.807, 2.05) is 0 Å². The number of benzene rings is 1. The van der Waals surface area contributed by atoms with Gasteiger partial charge in [-0.05, 0) is 12.1 Å². The Bertz CT molecular complexity index is 991. The zero-order chi connectivity index (χ0) is 23.0. The number of amides is 1. The summed E-state index contributed by atoms with van der Waals surface area (Å²) in [6.45, 7) is 0. The van der Waals surface area contributed by atoms with Gasteiger partial charge in [0.15, 0.2) is 0 Å². The SMILES string of the molecule is O=C(Nc1cnc2ccccc2c1)C1(F)C(F)(F)C(F)(F)C(F)(F)C(F)(F)C1(F)F. The largest absolute Gasteiger partial charge is 0.384 e. The van der Waals surface area contributed by atoms with Crippen molar-refractivity contribution in [2.75, 3.05) is 5.32 Å². The molecule has 0 unspecified atom stereocenters. The molecule has 0 radical (unpaired) electrons. The standard InChI is InChI=1S/C16H7F11N2O/c17-11(10(30)29-8-5-7-3-1-2-4-9(7)28-6-8)12(18,19)14(22,23)16(26,27)15(24,25)13(11,20)21/h1-6H,(H,29,30).